The zero-order chi connectivity index (χ0) is 13.3. The van der Waals surface area contributed by atoms with Crippen LogP contribution in [0.2, 0.25) is 0 Å². The van der Waals surface area contributed by atoms with Crippen molar-refractivity contribution in [2.75, 3.05) is 0 Å². The van der Waals surface area contributed by atoms with Gasteiger partial charge in [0.1, 0.15) is 10.9 Å². The Morgan fingerprint density at radius 3 is 2.72 bits per heavy atom. The van der Waals surface area contributed by atoms with Crippen LogP contribution in [-0.2, 0) is 7.05 Å². The molecular weight excluding hydrogens is 246 g/mol. The van der Waals surface area contributed by atoms with E-state index in [9.17, 15) is 0 Å². The van der Waals surface area contributed by atoms with Gasteiger partial charge in [-0.25, -0.2) is 9.97 Å². The summed E-state index contributed by atoms with van der Waals surface area (Å²) in [5.41, 5.74) is 8.20. The van der Waals surface area contributed by atoms with Crippen molar-refractivity contribution >= 4 is 17.6 Å². The molecule has 0 fully saturated rings. The van der Waals surface area contributed by atoms with Gasteiger partial charge in [0, 0.05) is 25.1 Å². The van der Waals surface area contributed by atoms with E-state index in [-0.39, 0.29) is 5.84 Å². The second kappa shape index (κ2) is 4.81. The maximum atomic E-state index is 7.67. The Kier molecular flexibility index (Phi) is 3.38. The molecule has 0 spiro atoms. The van der Waals surface area contributed by atoms with Gasteiger partial charge in [-0.05, 0) is 37.2 Å². The summed E-state index contributed by atoms with van der Waals surface area (Å²) in [6, 6.07) is 1.93. The number of rotatable bonds is 3. The van der Waals surface area contributed by atoms with Crippen molar-refractivity contribution in [3.8, 4) is 0 Å². The number of aromatic nitrogens is 3. The molecule has 2 aromatic rings. The maximum absolute atomic E-state index is 7.67. The lowest BCUT2D eigenvalue weighted by Gasteiger charge is -2.11. The molecule has 18 heavy (non-hydrogen) atoms. The number of amidine groups is 1. The average molecular weight is 261 g/mol. The Bertz CT molecular complexity index is 603. The second-order valence-corrected chi connectivity index (χ2v) is 5.05. The van der Waals surface area contributed by atoms with E-state index in [1.54, 1.807) is 6.20 Å². The van der Waals surface area contributed by atoms with Crippen LogP contribution >= 0.6 is 11.8 Å². The Hall–Kier alpha value is -1.82. The minimum Gasteiger partial charge on any atom is -0.384 e. The summed E-state index contributed by atoms with van der Waals surface area (Å²) < 4.78 is 1.91. The molecule has 2 heterocycles. The molecule has 0 saturated carbocycles. The van der Waals surface area contributed by atoms with Crippen molar-refractivity contribution in [3.05, 3.63) is 35.3 Å². The number of nitrogens with two attached hydrogens (primary N) is 1. The van der Waals surface area contributed by atoms with E-state index in [4.69, 9.17) is 11.1 Å². The number of hydrogen-bond acceptors (Lipinski definition) is 4. The van der Waals surface area contributed by atoms with Crippen LogP contribution in [0, 0.1) is 19.3 Å². The normalized spacial score (nSPS) is 10.6. The third-order valence-corrected chi connectivity index (χ3v) is 3.61. The van der Waals surface area contributed by atoms with Crippen LogP contribution < -0.4 is 5.73 Å². The number of pyridine rings is 1. The topological polar surface area (TPSA) is 80.6 Å². The first-order valence-corrected chi connectivity index (χ1v) is 6.28. The molecule has 0 bridgehead atoms. The molecule has 0 saturated heterocycles. The van der Waals surface area contributed by atoms with Crippen molar-refractivity contribution in [1.82, 2.24) is 14.5 Å². The zero-order valence-corrected chi connectivity index (χ0v) is 11.4. The molecule has 94 valence electrons. The van der Waals surface area contributed by atoms with Crippen LogP contribution in [0.15, 0.2) is 28.6 Å². The van der Waals surface area contributed by atoms with Gasteiger partial charge in [0.05, 0.1) is 5.56 Å². The highest BCUT2D eigenvalue weighted by atomic mass is 32.2. The quantitative estimate of drug-likeness (QED) is 0.653. The maximum Gasteiger partial charge on any atom is 0.174 e. The van der Waals surface area contributed by atoms with Crippen LogP contribution in [0.25, 0.3) is 0 Å². The molecule has 0 aliphatic rings. The van der Waals surface area contributed by atoms with Crippen LogP contribution in [0.1, 0.15) is 16.8 Å². The van der Waals surface area contributed by atoms with Gasteiger partial charge in [0.15, 0.2) is 5.16 Å². The summed E-state index contributed by atoms with van der Waals surface area (Å²) in [5.74, 6) is 0.0386. The molecule has 2 rings (SSSR count). The largest absolute Gasteiger partial charge is 0.384 e. The molecule has 0 aromatic carbocycles. The lowest BCUT2D eigenvalue weighted by atomic mass is 10.1. The SMILES string of the molecule is Cc1cc(C)c(C(=N)N)c(Sc2nccn2C)n1. The summed E-state index contributed by atoms with van der Waals surface area (Å²) in [6.45, 7) is 3.87. The highest BCUT2D eigenvalue weighted by molar-refractivity contribution is 7.99. The van der Waals surface area contributed by atoms with E-state index in [0.29, 0.717) is 5.56 Å². The van der Waals surface area contributed by atoms with Crippen LogP contribution in [0.4, 0.5) is 0 Å². The van der Waals surface area contributed by atoms with Crippen molar-refractivity contribution in [1.29, 1.82) is 5.41 Å². The highest BCUT2D eigenvalue weighted by Crippen LogP contribution is 2.29. The number of nitrogens with one attached hydrogen (secondary N) is 1. The summed E-state index contributed by atoms with van der Waals surface area (Å²) in [7, 11) is 1.92. The van der Waals surface area contributed by atoms with E-state index >= 15 is 0 Å². The summed E-state index contributed by atoms with van der Waals surface area (Å²) in [4.78, 5) is 8.71. The predicted molar refractivity (Wildman–Crippen MR) is 72.1 cm³/mol. The Morgan fingerprint density at radius 2 is 2.17 bits per heavy atom. The monoisotopic (exact) mass is 261 g/mol. The van der Waals surface area contributed by atoms with Gasteiger partial charge in [0.2, 0.25) is 0 Å². The number of nitrogens with zero attached hydrogens (tertiary/aromatic N) is 3. The van der Waals surface area contributed by atoms with Crippen LogP contribution in [0.5, 0.6) is 0 Å². The van der Waals surface area contributed by atoms with Crippen molar-refractivity contribution in [2.45, 2.75) is 24.0 Å². The Morgan fingerprint density at radius 1 is 1.44 bits per heavy atom. The van der Waals surface area contributed by atoms with Gasteiger partial charge in [-0.15, -0.1) is 0 Å². The van der Waals surface area contributed by atoms with Gasteiger partial charge in [-0.2, -0.15) is 0 Å². The summed E-state index contributed by atoms with van der Waals surface area (Å²) in [6.07, 6.45) is 3.61. The number of hydrogen-bond donors (Lipinski definition) is 2. The van der Waals surface area contributed by atoms with Gasteiger partial charge in [-0.1, -0.05) is 0 Å². The molecule has 0 amide bonds. The zero-order valence-electron chi connectivity index (χ0n) is 10.6. The van der Waals surface area contributed by atoms with Crippen molar-refractivity contribution in [3.63, 3.8) is 0 Å². The Balaban J connectivity index is 2.49. The minimum atomic E-state index is 0.0386. The molecule has 6 heteroatoms. The fraction of sp³-hybridized carbons (Fsp3) is 0.250. The molecule has 0 aliphatic carbocycles. The third kappa shape index (κ3) is 2.38. The van der Waals surface area contributed by atoms with Gasteiger partial charge in [0.25, 0.3) is 0 Å². The van der Waals surface area contributed by atoms with Gasteiger partial charge in [-0.3, -0.25) is 5.41 Å². The fourth-order valence-electron chi connectivity index (χ4n) is 1.74. The van der Waals surface area contributed by atoms with E-state index in [0.717, 1.165) is 21.4 Å². The minimum absolute atomic E-state index is 0.0386. The molecule has 3 N–H and O–H groups in total. The summed E-state index contributed by atoms with van der Waals surface area (Å²) >= 11 is 1.42. The lowest BCUT2D eigenvalue weighted by Crippen LogP contribution is -2.15. The fourth-order valence-corrected chi connectivity index (χ4v) is 2.79. The number of imidazole rings is 1. The molecule has 0 atom stereocenters. The van der Waals surface area contributed by atoms with Crippen LogP contribution in [0.3, 0.4) is 0 Å². The molecule has 0 radical (unpaired) electrons. The average Bonchev–Trinajstić information content (AvgIpc) is 2.62. The van der Waals surface area contributed by atoms with Crippen molar-refractivity contribution < 1.29 is 0 Å². The first kappa shape index (κ1) is 12.6. The molecular formula is C12H15N5S. The smallest absolute Gasteiger partial charge is 0.174 e. The first-order valence-electron chi connectivity index (χ1n) is 5.47. The molecule has 2 aromatic heterocycles. The van der Waals surface area contributed by atoms with E-state index in [1.165, 1.54) is 11.8 Å². The molecule has 0 unspecified atom stereocenters. The highest BCUT2D eigenvalue weighted by Gasteiger charge is 2.14. The molecule has 0 aliphatic heterocycles. The Labute approximate surface area is 110 Å². The van der Waals surface area contributed by atoms with Gasteiger partial charge >= 0.3 is 0 Å². The third-order valence-electron chi connectivity index (χ3n) is 2.55. The van der Waals surface area contributed by atoms with Gasteiger partial charge < -0.3 is 10.3 Å². The van der Waals surface area contributed by atoms with E-state index in [2.05, 4.69) is 9.97 Å². The van der Waals surface area contributed by atoms with Crippen LogP contribution in [-0.4, -0.2) is 20.4 Å². The van der Waals surface area contributed by atoms with E-state index < -0.39 is 0 Å². The predicted octanol–water partition coefficient (Wildman–Crippen LogP) is 1.87. The first-order chi connectivity index (χ1) is 8.49. The number of nitrogen functional groups attached to an aromatic ring is 1. The standard InChI is InChI=1S/C12H15N5S/c1-7-6-8(2)16-11(9(7)10(13)14)18-12-15-4-5-17(12)3/h4-6H,1-3H3,(H3,13,14). The van der Waals surface area contributed by atoms with E-state index in [1.807, 2.05) is 37.7 Å². The van der Waals surface area contributed by atoms with Crippen molar-refractivity contribution in [2.24, 2.45) is 12.8 Å². The molecule has 5 nitrogen and oxygen atoms in total. The summed E-state index contributed by atoms with van der Waals surface area (Å²) in [5, 5.41) is 9.23. The second-order valence-electron chi connectivity index (χ2n) is 4.10. The lowest BCUT2D eigenvalue weighted by molar-refractivity contribution is 0.788. The number of aryl methyl sites for hydroxylation is 3.